The first-order valence-electron chi connectivity index (χ1n) is 6.79. The van der Waals surface area contributed by atoms with E-state index in [-0.39, 0.29) is 35.1 Å². The molecular weight excluding hydrogens is 276 g/mol. The van der Waals surface area contributed by atoms with Gasteiger partial charge in [0.05, 0.1) is 22.7 Å². The van der Waals surface area contributed by atoms with E-state index in [1.165, 1.54) is 12.1 Å². The Morgan fingerprint density at radius 1 is 1.38 bits per heavy atom. The third-order valence-electron chi connectivity index (χ3n) is 3.94. The highest BCUT2D eigenvalue weighted by atomic mass is 16.6. The second kappa shape index (κ2) is 5.30. The lowest BCUT2D eigenvalue weighted by molar-refractivity contribution is -0.384. The molecule has 112 valence electrons. The predicted molar refractivity (Wildman–Crippen MR) is 74.7 cm³/mol. The van der Waals surface area contributed by atoms with Crippen LogP contribution in [0, 0.1) is 10.1 Å². The molecule has 0 saturated carbocycles. The molecule has 3 N–H and O–H groups in total. The van der Waals surface area contributed by atoms with Gasteiger partial charge >= 0.3 is 0 Å². The number of nitrogen functional groups attached to an aromatic ring is 1. The second-order valence-corrected chi connectivity index (χ2v) is 5.27. The Morgan fingerprint density at radius 3 is 2.62 bits per heavy atom. The van der Waals surface area contributed by atoms with Crippen LogP contribution in [0.4, 0.5) is 11.4 Å². The number of anilines is 1. The zero-order valence-electron chi connectivity index (χ0n) is 11.3. The van der Waals surface area contributed by atoms with Crippen LogP contribution in [0.5, 0.6) is 0 Å². The van der Waals surface area contributed by atoms with Crippen molar-refractivity contribution in [3.63, 3.8) is 0 Å². The van der Waals surface area contributed by atoms with Crippen molar-refractivity contribution in [2.45, 2.75) is 25.0 Å². The summed E-state index contributed by atoms with van der Waals surface area (Å²) in [6.07, 6.45) is 2.04. The van der Waals surface area contributed by atoms with Gasteiger partial charge in [0.1, 0.15) is 5.69 Å². The molecule has 3 rings (SSSR count). The Balaban J connectivity index is 1.91. The Kier molecular flexibility index (Phi) is 3.48. The van der Waals surface area contributed by atoms with Gasteiger partial charge in [0.2, 0.25) is 0 Å². The Hall–Kier alpha value is -2.19. The summed E-state index contributed by atoms with van der Waals surface area (Å²) in [5, 5.41) is 11.0. The van der Waals surface area contributed by atoms with E-state index >= 15 is 0 Å². The maximum Gasteiger partial charge on any atom is 0.294 e. The number of ether oxygens (including phenoxy) is 1. The van der Waals surface area contributed by atoms with E-state index in [2.05, 4.69) is 5.43 Å². The molecule has 0 aliphatic carbocycles. The van der Waals surface area contributed by atoms with Crippen molar-refractivity contribution in [2.24, 2.45) is 5.84 Å². The van der Waals surface area contributed by atoms with Crippen LogP contribution in [0.1, 0.15) is 23.2 Å². The lowest BCUT2D eigenvalue weighted by atomic mass is 10.1. The number of likely N-dealkylation sites (tertiary alicyclic amines) is 1. The monoisotopic (exact) mass is 292 g/mol. The van der Waals surface area contributed by atoms with Gasteiger partial charge in [0.15, 0.2) is 0 Å². The number of nitro benzene ring substituents is 1. The van der Waals surface area contributed by atoms with Crippen LogP contribution in [-0.2, 0) is 4.74 Å². The summed E-state index contributed by atoms with van der Waals surface area (Å²) in [7, 11) is 0. The smallest absolute Gasteiger partial charge is 0.294 e. The van der Waals surface area contributed by atoms with E-state index in [1.54, 1.807) is 11.0 Å². The predicted octanol–water partition coefficient (Wildman–Crippen LogP) is 0.884. The van der Waals surface area contributed by atoms with Crippen LogP contribution in [-0.4, -0.2) is 41.0 Å². The van der Waals surface area contributed by atoms with Gasteiger partial charge in [-0.25, -0.2) is 0 Å². The molecule has 2 unspecified atom stereocenters. The first-order valence-corrected chi connectivity index (χ1v) is 6.79. The van der Waals surface area contributed by atoms with Crippen LogP contribution in [0.15, 0.2) is 18.2 Å². The van der Waals surface area contributed by atoms with Gasteiger partial charge in [0.25, 0.3) is 11.6 Å². The molecule has 2 bridgehead atoms. The SMILES string of the molecule is NNc1c(C(=O)N2CC3CCC(C2)O3)cccc1[N+](=O)[O-]. The first-order chi connectivity index (χ1) is 10.1. The topological polar surface area (TPSA) is 111 Å². The van der Waals surface area contributed by atoms with Crippen molar-refractivity contribution in [1.82, 2.24) is 4.90 Å². The third kappa shape index (κ3) is 2.43. The van der Waals surface area contributed by atoms with Crippen LogP contribution >= 0.6 is 0 Å². The summed E-state index contributed by atoms with van der Waals surface area (Å²) < 4.78 is 5.69. The van der Waals surface area contributed by atoms with E-state index in [0.29, 0.717) is 13.1 Å². The number of hydrogen-bond acceptors (Lipinski definition) is 6. The number of carbonyl (C=O) groups is 1. The number of nitrogens with zero attached hydrogens (tertiary/aromatic N) is 2. The fraction of sp³-hybridized carbons (Fsp3) is 0.462. The number of nitrogens with one attached hydrogen (secondary N) is 1. The molecule has 0 spiro atoms. The van der Waals surface area contributed by atoms with Gasteiger partial charge in [-0.3, -0.25) is 20.8 Å². The number of morpholine rings is 1. The highest BCUT2D eigenvalue weighted by molar-refractivity contribution is 6.01. The Bertz CT molecular complexity index is 580. The number of para-hydroxylation sites is 1. The standard InChI is InChI=1S/C13H16N4O4/c14-15-12-10(2-1-3-11(12)17(19)20)13(18)16-6-8-4-5-9(7-16)21-8/h1-3,8-9,15H,4-7,14H2. The normalized spacial score (nSPS) is 24.0. The number of benzene rings is 1. The minimum absolute atomic E-state index is 0.0475. The van der Waals surface area contributed by atoms with Crippen molar-refractivity contribution in [3.05, 3.63) is 33.9 Å². The summed E-state index contributed by atoms with van der Waals surface area (Å²) in [6.45, 7) is 1.03. The highest BCUT2D eigenvalue weighted by Crippen LogP contribution is 2.31. The number of amides is 1. The van der Waals surface area contributed by atoms with Gasteiger partial charge in [-0.1, -0.05) is 6.07 Å². The summed E-state index contributed by atoms with van der Waals surface area (Å²) >= 11 is 0. The van der Waals surface area contributed by atoms with Gasteiger partial charge in [-0.05, 0) is 18.9 Å². The number of nitro groups is 1. The Labute approximate surface area is 121 Å². The molecule has 0 aromatic heterocycles. The molecule has 0 radical (unpaired) electrons. The van der Waals surface area contributed by atoms with E-state index in [1.807, 2.05) is 0 Å². The molecule has 2 saturated heterocycles. The lowest BCUT2D eigenvalue weighted by Crippen LogP contribution is -2.46. The van der Waals surface area contributed by atoms with Gasteiger partial charge in [-0.15, -0.1) is 0 Å². The quantitative estimate of drug-likeness (QED) is 0.486. The largest absolute Gasteiger partial charge is 0.371 e. The summed E-state index contributed by atoms with van der Waals surface area (Å²) in [6, 6.07) is 4.35. The van der Waals surface area contributed by atoms with Gasteiger partial charge in [-0.2, -0.15) is 0 Å². The highest BCUT2D eigenvalue weighted by Gasteiger charge is 2.37. The van der Waals surface area contributed by atoms with Crippen molar-refractivity contribution < 1.29 is 14.5 Å². The summed E-state index contributed by atoms with van der Waals surface area (Å²) in [5.41, 5.74) is 2.34. The number of nitrogens with two attached hydrogens (primary N) is 1. The molecular formula is C13H16N4O4. The number of fused-ring (bicyclic) bond motifs is 2. The lowest BCUT2D eigenvalue weighted by Gasteiger charge is -2.32. The number of rotatable bonds is 3. The van der Waals surface area contributed by atoms with E-state index in [9.17, 15) is 14.9 Å². The average molecular weight is 292 g/mol. The fourth-order valence-electron chi connectivity index (χ4n) is 2.97. The van der Waals surface area contributed by atoms with E-state index < -0.39 is 4.92 Å². The minimum atomic E-state index is -0.561. The second-order valence-electron chi connectivity index (χ2n) is 5.27. The fourth-order valence-corrected chi connectivity index (χ4v) is 2.97. The van der Waals surface area contributed by atoms with Gasteiger partial charge < -0.3 is 15.1 Å². The van der Waals surface area contributed by atoms with Crippen molar-refractivity contribution in [2.75, 3.05) is 18.5 Å². The van der Waals surface area contributed by atoms with Crippen LogP contribution in [0.2, 0.25) is 0 Å². The zero-order valence-corrected chi connectivity index (χ0v) is 11.3. The van der Waals surface area contributed by atoms with Crippen molar-refractivity contribution in [1.29, 1.82) is 0 Å². The molecule has 21 heavy (non-hydrogen) atoms. The molecule has 2 heterocycles. The van der Waals surface area contributed by atoms with E-state index in [0.717, 1.165) is 12.8 Å². The van der Waals surface area contributed by atoms with Gasteiger partial charge in [0, 0.05) is 19.2 Å². The molecule has 2 atom stereocenters. The van der Waals surface area contributed by atoms with E-state index in [4.69, 9.17) is 10.6 Å². The third-order valence-corrected chi connectivity index (χ3v) is 3.94. The summed E-state index contributed by atoms with van der Waals surface area (Å²) in [5.74, 6) is 5.12. The molecule has 2 fully saturated rings. The number of carbonyl (C=O) groups excluding carboxylic acids is 1. The average Bonchev–Trinajstić information content (AvgIpc) is 2.83. The maximum absolute atomic E-state index is 12.6. The molecule has 8 nitrogen and oxygen atoms in total. The van der Waals surface area contributed by atoms with Crippen molar-refractivity contribution in [3.8, 4) is 0 Å². The van der Waals surface area contributed by atoms with Crippen LogP contribution in [0.3, 0.4) is 0 Å². The maximum atomic E-state index is 12.6. The molecule has 2 aliphatic heterocycles. The molecule has 2 aliphatic rings. The summed E-state index contributed by atoms with van der Waals surface area (Å²) in [4.78, 5) is 24.8. The zero-order chi connectivity index (χ0) is 15.0. The number of hydrazine groups is 1. The van der Waals surface area contributed by atoms with Crippen LogP contribution < -0.4 is 11.3 Å². The molecule has 1 amide bonds. The van der Waals surface area contributed by atoms with Crippen LogP contribution in [0.25, 0.3) is 0 Å². The number of hydrogen-bond donors (Lipinski definition) is 2. The molecule has 8 heteroatoms. The first kappa shape index (κ1) is 13.8. The molecule has 1 aromatic rings. The molecule has 1 aromatic carbocycles. The minimum Gasteiger partial charge on any atom is -0.371 e. The Morgan fingerprint density at radius 2 is 2.05 bits per heavy atom. The van der Waals surface area contributed by atoms with Crippen molar-refractivity contribution >= 4 is 17.3 Å².